The lowest BCUT2D eigenvalue weighted by Gasteiger charge is -2.08. The molecule has 0 spiro atoms. The van der Waals surface area contributed by atoms with Gasteiger partial charge >= 0.3 is 5.97 Å². The van der Waals surface area contributed by atoms with Crippen LogP contribution in [0.15, 0.2) is 24.3 Å². The van der Waals surface area contributed by atoms with E-state index in [4.69, 9.17) is 0 Å². The van der Waals surface area contributed by atoms with Gasteiger partial charge in [0, 0.05) is 12.6 Å². The molecule has 1 aliphatic rings. The third kappa shape index (κ3) is 3.30. The maximum Gasteiger partial charge on any atom is 0.338 e. The van der Waals surface area contributed by atoms with Gasteiger partial charge in [-0.15, -0.1) is 0 Å². The van der Waals surface area contributed by atoms with Crippen LogP contribution in [0.2, 0.25) is 0 Å². The van der Waals surface area contributed by atoms with Crippen LogP contribution >= 0.6 is 0 Å². The van der Waals surface area contributed by atoms with Crippen LogP contribution in [0, 0.1) is 0 Å². The first-order chi connectivity index (χ1) is 8.52. The number of hydrogen-bond donors (Lipinski definition) is 1. The summed E-state index contributed by atoms with van der Waals surface area (Å²) in [5.41, 5.74) is 0.803. The van der Waals surface area contributed by atoms with Gasteiger partial charge in [0.2, 0.25) is 0 Å². The molecule has 0 radical (unpaired) electrons. The summed E-state index contributed by atoms with van der Waals surface area (Å²) in [7, 11) is -1.93. The third-order valence-corrected chi connectivity index (χ3v) is 4.41. The molecule has 0 saturated carbocycles. The first-order valence-electron chi connectivity index (χ1n) is 5.62. The molecule has 0 aliphatic carbocycles. The molecule has 1 aliphatic heterocycles. The summed E-state index contributed by atoms with van der Waals surface area (Å²) in [6, 6.07) is 6.69. The number of ether oxygens (including phenoxy) is 1. The Kier molecular flexibility index (Phi) is 3.68. The van der Waals surface area contributed by atoms with E-state index < -0.39 is 15.8 Å². The Hall–Kier alpha value is -1.40. The summed E-state index contributed by atoms with van der Waals surface area (Å²) in [4.78, 5) is 11.5. The molecule has 0 bridgehead atoms. The standard InChI is InChI=1S/C12H15NO4S/c1-17-12(14)11-5-3-2-4-9(11)7-18(15,16)8-10-6-13-10/h2-5,10,13H,6-8H2,1H3. The number of sulfone groups is 1. The Morgan fingerprint density at radius 2 is 2.11 bits per heavy atom. The Morgan fingerprint density at radius 3 is 2.72 bits per heavy atom. The van der Waals surface area contributed by atoms with E-state index in [1.54, 1.807) is 24.3 Å². The second kappa shape index (κ2) is 5.07. The maximum atomic E-state index is 11.9. The van der Waals surface area contributed by atoms with Crippen LogP contribution in [0.25, 0.3) is 0 Å². The molecule has 1 saturated heterocycles. The number of esters is 1. The monoisotopic (exact) mass is 269 g/mol. The minimum absolute atomic E-state index is 0.0697. The van der Waals surface area contributed by atoms with Crippen LogP contribution in [-0.2, 0) is 20.3 Å². The third-order valence-electron chi connectivity index (χ3n) is 2.75. The van der Waals surface area contributed by atoms with Gasteiger partial charge in [-0.25, -0.2) is 13.2 Å². The fourth-order valence-corrected chi connectivity index (χ4v) is 3.45. The minimum atomic E-state index is -3.21. The highest BCUT2D eigenvalue weighted by molar-refractivity contribution is 7.90. The van der Waals surface area contributed by atoms with Gasteiger partial charge in [0.05, 0.1) is 24.2 Å². The summed E-state index contributed by atoms with van der Waals surface area (Å²) in [5, 5.41) is 2.95. The molecule has 18 heavy (non-hydrogen) atoms. The fraction of sp³-hybridized carbons (Fsp3) is 0.417. The molecule has 1 aromatic carbocycles. The number of benzene rings is 1. The van der Waals surface area contributed by atoms with E-state index in [1.807, 2.05) is 0 Å². The molecule has 6 heteroatoms. The van der Waals surface area contributed by atoms with Crippen molar-refractivity contribution in [2.24, 2.45) is 0 Å². The van der Waals surface area contributed by atoms with Gasteiger partial charge < -0.3 is 10.1 Å². The van der Waals surface area contributed by atoms with E-state index >= 15 is 0 Å². The van der Waals surface area contributed by atoms with Crippen molar-refractivity contribution in [1.82, 2.24) is 5.32 Å². The molecule has 1 N–H and O–H groups in total. The van der Waals surface area contributed by atoms with E-state index in [9.17, 15) is 13.2 Å². The summed E-state index contributed by atoms with van der Waals surface area (Å²) in [5.74, 6) is -0.524. The normalized spacial score (nSPS) is 18.4. The van der Waals surface area contributed by atoms with Crippen molar-refractivity contribution in [3.8, 4) is 0 Å². The zero-order valence-electron chi connectivity index (χ0n) is 10.0. The molecule has 0 aromatic heterocycles. The van der Waals surface area contributed by atoms with E-state index in [1.165, 1.54) is 7.11 Å². The number of carbonyl (C=O) groups is 1. The average Bonchev–Trinajstić information content (AvgIpc) is 3.11. The van der Waals surface area contributed by atoms with Gasteiger partial charge in [0.15, 0.2) is 9.84 Å². The van der Waals surface area contributed by atoms with Crippen LogP contribution < -0.4 is 5.32 Å². The van der Waals surface area contributed by atoms with Gasteiger partial charge in [-0.1, -0.05) is 18.2 Å². The van der Waals surface area contributed by atoms with Crippen molar-refractivity contribution >= 4 is 15.8 Å². The van der Waals surface area contributed by atoms with Crippen molar-refractivity contribution in [1.29, 1.82) is 0 Å². The molecule has 1 unspecified atom stereocenters. The lowest BCUT2D eigenvalue weighted by molar-refractivity contribution is 0.0600. The van der Waals surface area contributed by atoms with Crippen LogP contribution in [-0.4, -0.2) is 39.8 Å². The molecular formula is C12H15NO4S. The van der Waals surface area contributed by atoms with Gasteiger partial charge in [0.1, 0.15) is 0 Å². The summed E-state index contributed by atoms with van der Waals surface area (Å²) >= 11 is 0. The second-order valence-electron chi connectivity index (χ2n) is 4.31. The maximum absolute atomic E-state index is 11.9. The zero-order chi connectivity index (χ0) is 13.2. The average molecular weight is 269 g/mol. The summed E-state index contributed by atoms with van der Waals surface area (Å²) in [6.07, 6.45) is 0. The highest BCUT2D eigenvalue weighted by atomic mass is 32.2. The summed E-state index contributed by atoms with van der Waals surface area (Å²) in [6.45, 7) is 0.748. The Labute approximate surface area is 106 Å². The number of methoxy groups -OCH3 is 1. The summed E-state index contributed by atoms with van der Waals surface area (Å²) < 4.78 is 28.5. The smallest absolute Gasteiger partial charge is 0.338 e. The topological polar surface area (TPSA) is 82.4 Å². The fourth-order valence-electron chi connectivity index (χ4n) is 1.76. The largest absolute Gasteiger partial charge is 0.465 e. The van der Waals surface area contributed by atoms with E-state index in [-0.39, 0.29) is 17.5 Å². The number of rotatable bonds is 5. The molecule has 1 fully saturated rings. The number of hydrogen-bond acceptors (Lipinski definition) is 5. The SMILES string of the molecule is COC(=O)c1ccccc1CS(=O)(=O)CC1CN1. The van der Waals surface area contributed by atoms with Crippen molar-refractivity contribution in [2.45, 2.75) is 11.8 Å². The van der Waals surface area contributed by atoms with Crippen molar-refractivity contribution < 1.29 is 17.9 Å². The predicted octanol–water partition coefficient (Wildman–Crippen LogP) is 0.360. The van der Waals surface area contributed by atoms with Gasteiger partial charge in [0.25, 0.3) is 0 Å². The lowest BCUT2D eigenvalue weighted by atomic mass is 10.1. The first-order valence-corrected chi connectivity index (χ1v) is 7.44. The number of nitrogens with one attached hydrogen (secondary N) is 1. The zero-order valence-corrected chi connectivity index (χ0v) is 10.9. The van der Waals surface area contributed by atoms with Crippen molar-refractivity contribution in [3.63, 3.8) is 0 Å². The van der Waals surface area contributed by atoms with Gasteiger partial charge in [-0.05, 0) is 11.6 Å². The molecule has 0 amide bonds. The Morgan fingerprint density at radius 1 is 1.44 bits per heavy atom. The van der Waals surface area contributed by atoms with Crippen molar-refractivity contribution in [3.05, 3.63) is 35.4 Å². The van der Waals surface area contributed by atoms with Crippen LogP contribution in [0.4, 0.5) is 0 Å². The van der Waals surface area contributed by atoms with Crippen LogP contribution in [0.5, 0.6) is 0 Å². The minimum Gasteiger partial charge on any atom is -0.465 e. The van der Waals surface area contributed by atoms with Crippen LogP contribution in [0.3, 0.4) is 0 Å². The molecule has 1 aromatic rings. The Balaban J connectivity index is 2.20. The van der Waals surface area contributed by atoms with Gasteiger partial charge in [-0.2, -0.15) is 0 Å². The van der Waals surface area contributed by atoms with Crippen LogP contribution in [0.1, 0.15) is 15.9 Å². The molecule has 2 rings (SSSR count). The highest BCUT2D eigenvalue weighted by Gasteiger charge is 2.28. The molecule has 98 valence electrons. The lowest BCUT2D eigenvalue weighted by Crippen LogP contribution is -2.17. The molecule has 5 nitrogen and oxygen atoms in total. The quantitative estimate of drug-likeness (QED) is 0.616. The van der Waals surface area contributed by atoms with E-state index in [0.29, 0.717) is 11.1 Å². The first kappa shape index (κ1) is 13.0. The van der Waals surface area contributed by atoms with E-state index in [2.05, 4.69) is 10.1 Å². The Bertz CT molecular complexity index is 549. The van der Waals surface area contributed by atoms with Crippen molar-refractivity contribution in [2.75, 3.05) is 19.4 Å². The second-order valence-corrected chi connectivity index (χ2v) is 6.42. The van der Waals surface area contributed by atoms with Gasteiger partial charge in [-0.3, -0.25) is 0 Å². The highest BCUT2D eigenvalue weighted by Crippen LogP contribution is 2.15. The number of carbonyl (C=O) groups excluding carboxylic acids is 1. The predicted molar refractivity (Wildman–Crippen MR) is 67.1 cm³/mol. The molecule has 1 heterocycles. The molecular weight excluding hydrogens is 254 g/mol. The molecule has 1 atom stereocenters. The van der Waals surface area contributed by atoms with E-state index in [0.717, 1.165) is 6.54 Å².